The highest BCUT2D eigenvalue weighted by Crippen LogP contribution is 2.38. The quantitative estimate of drug-likeness (QED) is 0.855. The molecule has 1 aliphatic heterocycles. The van der Waals surface area contributed by atoms with Crippen LogP contribution in [0.25, 0.3) is 0 Å². The van der Waals surface area contributed by atoms with E-state index < -0.39 is 24.4 Å². The molecule has 5 nitrogen and oxygen atoms in total. The normalized spacial score (nSPS) is 16.4. The lowest BCUT2D eigenvalue weighted by atomic mass is 9.94. The van der Waals surface area contributed by atoms with E-state index in [1.165, 1.54) is 36.2 Å². The molecule has 1 atom stereocenters. The Morgan fingerprint density at radius 1 is 1.29 bits per heavy atom. The number of amides is 2. The summed E-state index contributed by atoms with van der Waals surface area (Å²) in [6, 6.07) is 7.41. The summed E-state index contributed by atoms with van der Waals surface area (Å²) in [5.41, 5.74) is 0.0753. The molecule has 0 bridgehead atoms. The van der Waals surface area contributed by atoms with Crippen molar-refractivity contribution in [3.05, 3.63) is 35.9 Å². The van der Waals surface area contributed by atoms with Crippen LogP contribution in [-0.4, -0.2) is 55.7 Å². The van der Waals surface area contributed by atoms with Crippen molar-refractivity contribution >= 4 is 11.8 Å². The molecular weight excluding hydrogens is 325 g/mol. The van der Waals surface area contributed by atoms with Crippen LogP contribution in [0.1, 0.15) is 17.9 Å². The van der Waals surface area contributed by atoms with E-state index in [0.29, 0.717) is 0 Å². The van der Waals surface area contributed by atoms with E-state index in [-0.39, 0.29) is 37.3 Å². The number of carbonyl (C=O) groups is 2. The topological polar surface area (TPSA) is 58.6 Å². The number of hydrogen-bond acceptors (Lipinski definition) is 3. The Kier molecular flexibility index (Phi) is 5.82. The summed E-state index contributed by atoms with van der Waals surface area (Å²) in [5, 5.41) is 2.39. The number of nitrogens with zero attached hydrogens (tertiary/aromatic N) is 1. The summed E-state index contributed by atoms with van der Waals surface area (Å²) in [7, 11) is 1.48. The fraction of sp³-hybridized carbons (Fsp3) is 0.500. The first-order valence-corrected chi connectivity index (χ1v) is 7.53. The highest BCUT2D eigenvalue weighted by molar-refractivity contribution is 5.78. The standard InChI is InChI=1S/C16H19F3N2O3/c1-20-14(22)10-24-12-8-21(9-12)15(23)7-13(16(17,18)19)11-5-3-2-4-6-11/h2-6,12-13H,7-10H2,1H3,(H,20,22)/t13-/m1/s1. The average Bonchev–Trinajstić information content (AvgIpc) is 2.50. The molecule has 1 fully saturated rings. The first-order chi connectivity index (χ1) is 11.3. The highest BCUT2D eigenvalue weighted by Gasteiger charge is 2.43. The number of hydrogen-bond donors (Lipinski definition) is 1. The minimum absolute atomic E-state index is 0.0753. The van der Waals surface area contributed by atoms with E-state index in [0.717, 1.165) is 0 Å². The summed E-state index contributed by atoms with van der Waals surface area (Å²) in [6.07, 6.45) is -5.43. The molecule has 1 aromatic rings. The largest absolute Gasteiger partial charge is 0.396 e. The zero-order valence-electron chi connectivity index (χ0n) is 13.2. The number of alkyl halides is 3. The predicted octanol–water partition coefficient (Wildman–Crippen LogP) is 1.70. The maximum atomic E-state index is 13.2. The van der Waals surface area contributed by atoms with Crippen molar-refractivity contribution in [2.24, 2.45) is 0 Å². The van der Waals surface area contributed by atoms with Gasteiger partial charge in [0.25, 0.3) is 0 Å². The molecule has 0 saturated carbocycles. The molecule has 0 spiro atoms. The van der Waals surface area contributed by atoms with E-state index in [4.69, 9.17) is 4.74 Å². The van der Waals surface area contributed by atoms with Crippen molar-refractivity contribution in [2.45, 2.75) is 24.6 Å². The van der Waals surface area contributed by atoms with Crippen LogP contribution in [0.5, 0.6) is 0 Å². The minimum Gasteiger partial charge on any atom is -0.365 e. The maximum Gasteiger partial charge on any atom is 0.396 e. The maximum absolute atomic E-state index is 13.2. The molecule has 0 radical (unpaired) electrons. The molecule has 8 heteroatoms. The molecule has 1 aromatic carbocycles. The fourth-order valence-corrected chi connectivity index (χ4v) is 2.42. The Hall–Kier alpha value is -2.09. The molecule has 24 heavy (non-hydrogen) atoms. The molecule has 1 N–H and O–H groups in total. The van der Waals surface area contributed by atoms with Gasteiger partial charge in [-0.1, -0.05) is 30.3 Å². The van der Waals surface area contributed by atoms with Crippen LogP contribution in [-0.2, 0) is 14.3 Å². The van der Waals surface area contributed by atoms with Gasteiger partial charge in [0.1, 0.15) is 6.61 Å². The van der Waals surface area contributed by atoms with E-state index in [1.807, 2.05) is 0 Å². The number of ether oxygens (including phenoxy) is 1. The summed E-state index contributed by atoms with van der Waals surface area (Å²) in [6.45, 7) is 0.281. The van der Waals surface area contributed by atoms with Crippen molar-refractivity contribution < 1.29 is 27.5 Å². The molecule has 1 aliphatic rings. The number of nitrogens with one attached hydrogen (secondary N) is 1. The van der Waals surface area contributed by atoms with Gasteiger partial charge in [-0.25, -0.2) is 0 Å². The van der Waals surface area contributed by atoms with Gasteiger partial charge >= 0.3 is 6.18 Å². The Balaban J connectivity index is 1.88. The van der Waals surface area contributed by atoms with Crippen LogP contribution < -0.4 is 5.32 Å². The molecular formula is C16H19F3N2O3. The highest BCUT2D eigenvalue weighted by atomic mass is 19.4. The molecule has 0 unspecified atom stereocenters. The Bertz CT molecular complexity index is 572. The third kappa shape index (κ3) is 4.70. The lowest BCUT2D eigenvalue weighted by Crippen LogP contribution is -2.55. The fourth-order valence-electron chi connectivity index (χ4n) is 2.42. The van der Waals surface area contributed by atoms with E-state index in [9.17, 15) is 22.8 Å². The summed E-state index contributed by atoms with van der Waals surface area (Å²) >= 11 is 0. The molecule has 1 heterocycles. The molecule has 0 aliphatic carbocycles. The van der Waals surface area contributed by atoms with Gasteiger partial charge in [-0.05, 0) is 5.56 Å². The molecule has 1 saturated heterocycles. The van der Waals surface area contributed by atoms with Crippen LogP contribution in [0.15, 0.2) is 30.3 Å². The zero-order valence-corrected chi connectivity index (χ0v) is 13.2. The molecule has 2 rings (SSSR count). The van der Waals surface area contributed by atoms with Crippen molar-refractivity contribution in [1.82, 2.24) is 10.2 Å². The first-order valence-electron chi connectivity index (χ1n) is 7.53. The number of rotatable bonds is 6. The van der Waals surface area contributed by atoms with Crippen molar-refractivity contribution in [1.29, 1.82) is 0 Å². The lowest BCUT2D eigenvalue weighted by molar-refractivity contribution is -0.166. The smallest absolute Gasteiger partial charge is 0.365 e. The molecule has 0 aromatic heterocycles. The van der Waals surface area contributed by atoms with Crippen LogP contribution in [0.4, 0.5) is 13.2 Å². The predicted molar refractivity (Wildman–Crippen MR) is 80.2 cm³/mol. The Labute approximate surface area is 137 Å². The second kappa shape index (κ2) is 7.65. The number of benzene rings is 1. The zero-order chi connectivity index (χ0) is 17.7. The number of carbonyl (C=O) groups excluding carboxylic acids is 2. The van der Waals surface area contributed by atoms with Gasteiger partial charge in [-0.3, -0.25) is 9.59 Å². The SMILES string of the molecule is CNC(=O)COC1CN(C(=O)C[C@H](c2ccccc2)C(F)(F)F)C1. The van der Waals surface area contributed by atoms with Crippen LogP contribution in [0.2, 0.25) is 0 Å². The van der Waals surface area contributed by atoms with Crippen LogP contribution >= 0.6 is 0 Å². The third-order valence-electron chi connectivity index (χ3n) is 3.91. The van der Waals surface area contributed by atoms with Gasteiger partial charge in [0, 0.05) is 26.6 Å². The van der Waals surface area contributed by atoms with Gasteiger partial charge in [0.2, 0.25) is 11.8 Å². The summed E-state index contributed by atoms with van der Waals surface area (Å²) in [4.78, 5) is 24.4. The summed E-state index contributed by atoms with van der Waals surface area (Å²) < 4.78 is 45.0. The lowest BCUT2D eigenvalue weighted by Gasteiger charge is -2.39. The van der Waals surface area contributed by atoms with Gasteiger partial charge in [-0.2, -0.15) is 13.2 Å². The average molecular weight is 344 g/mol. The number of likely N-dealkylation sites (tertiary alicyclic amines) is 1. The minimum atomic E-state index is -4.49. The van der Waals surface area contributed by atoms with Gasteiger partial charge in [0.15, 0.2) is 0 Å². The number of halogens is 3. The van der Waals surface area contributed by atoms with Gasteiger partial charge in [-0.15, -0.1) is 0 Å². The van der Waals surface area contributed by atoms with E-state index >= 15 is 0 Å². The second-order valence-electron chi connectivity index (χ2n) is 5.61. The van der Waals surface area contributed by atoms with Crippen molar-refractivity contribution in [3.63, 3.8) is 0 Å². The number of likely N-dealkylation sites (N-methyl/N-ethyl adjacent to an activating group) is 1. The molecule has 132 valence electrons. The van der Waals surface area contributed by atoms with E-state index in [1.54, 1.807) is 6.07 Å². The Morgan fingerprint density at radius 2 is 1.92 bits per heavy atom. The second-order valence-corrected chi connectivity index (χ2v) is 5.61. The third-order valence-corrected chi connectivity index (χ3v) is 3.91. The van der Waals surface area contributed by atoms with Crippen LogP contribution in [0, 0.1) is 0 Å². The summed E-state index contributed by atoms with van der Waals surface area (Å²) in [5.74, 6) is -2.68. The van der Waals surface area contributed by atoms with E-state index in [2.05, 4.69) is 5.32 Å². The monoisotopic (exact) mass is 344 g/mol. The first kappa shape index (κ1) is 18.3. The molecule has 2 amide bonds. The van der Waals surface area contributed by atoms with Crippen molar-refractivity contribution in [3.8, 4) is 0 Å². The van der Waals surface area contributed by atoms with Gasteiger partial charge < -0.3 is 15.0 Å². The van der Waals surface area contributed by atoms with Crippen molar-refractivity contribution in [2.75, 3.05) is 26.7 Å². The van der Waals surface area contributed by atoms with Crippen LogP contribution in [0.3, 0.4) is 0 Å². The Morgan fingerprint density at radius 3 is 2.46 bits per heavy atom. The van der Waals surface area contributed by atoms with Gasteiger partial charge in [0.05, 0.1) is 12.0 Å².